The number of thiophene rings is 1. The van der Waals surface area contributed by atoms with E-state index >= 15 is 0 Å². The fourth-order valence-corrected chi connectivity index (χ4v) is 2.37. The highest BCUT2D eigenvalue weighted by molar-refractivity contribution is 7.10. The van der Waals surface area contributed by atoms with Crippen LogP contribution in [-0.4, -0.2) is 25.0 Å². The molecule has 0 bridgehead atoms. The molecule has 0 aliphatic carbocycles. The van der Waals surface area contributed by atoms with E-state index in [2.05, 4.69) is 35.5 Å². The van der Waals surface area contributed by atoms with Gasteiger partial charge in [-0.3, -0.25) is 4.90 Å². The number of nitrogens with zero attached hydrogens (tertiary/aromatic N) is 1. The zero-order valence-corrected chi connectivity index (χ0v) is 10.2. The third-order valence-corrected chi connectivity index (χ3v) is 3.35. The van der Waals surface area contributed by atoms with Crippen LogP contribution in [0.2, 0.25) is 0 Å². The van der Waals surface area contributed by atoms with Crippen molar-refractivity contribution in [1.82, 2.24) is 10.2 Å². The van der Waals surface area contributed by atoms with E-state index in [0.29, 0.717) is 0 Å². The lowest BCUT2D eigenvalue weighted by Crippen LogP contribution is -2.21. The van der Waals surface area contributed by atoms with Crippen molar-refractivity contribution in [2.75, 3.05) is 20.1 Å². The van der Waals surface area contributed by atoms with Crippen LogP contribution in [0.1, 0.15) is 24.3 Å². The quantitative estimate of drug-likeness (QED) is 0.778. The number of nitrogens with one attached hydrogen (secondary N) is 1. The van der Waals surface area contributed by atoms with Crippen LogP contribution < -0.4 is 5.32 Å². The first-order valence-electron chi connectivity index (χ1n) is 5.23. The smallest absolute Gasteiger partial charge is 0.0296 e. The molecule has 1 rings (SSSR count). The zero-order chi connectivity index (χ0) is 10.4. The Balaban J connectivity index is 2.49. The maximum atomic E-state index is 3.18. The van der Waals surface area contributed by atoms with Gasteiger partial charge in [0, 0.05) is 18.0 Å². The second-order valence-corrected chi connectivity index (χ2v) is 4.41. The standard InChI is InChI=1S/C11H20N2S/c1-4-13(5-2)8-10-6-11(7-12-3)14-9-10/h6,9,12H,4-5,7-8H2,1-3H3. The van der Waals surface area contributed by atoms with Crippen molar-refractivity contribution >= 4 is 11.3 Å². The molecule has 3 heteroatoms. The third-order valence-electron chi connectivity index (χ3n) is 2.36. The van der Waals surface area contributed by atoms with Crippen molar-refractivity contribution < 1.29 is 0 Å². The summed E-state index contributed by atoms with van der Waals surface area (Å²) in [6, 6.07) is 2.31. The van der Waals surface area contributed by atoms with Crippen molar-refractivity contribution in [3.05, 3.63) is 21.9 Å². The average molecular weight is 212 g/mol. The van der Waals surface area contributed by atoms with E-state index in [1.807, 2.05) is 18.4 Å². The highest BCUT2D eigenvalue weighted by Gasteiger charge is 2.03. The van der Waals surface area contributed by atoms with Crippen LogP contribution in [0.5, 0.6) is 0 Å². The zero-order valence-electron chi connectivity index (χ0n) is 9.34. The largest absolute Gasteiger partial charge is 0.315 e. The highest BCUT2D eigenvalue weighted by atomic mass is 32.1. The van der Waals surface area contributed by atoms with Gasteiger partial charge >= 0.3 is 0 Å². The van der Waals surface area contributed by atoms with Crippen molar-refractivity contribution in [2.24, 2.45) is 0 Å². The number of hydrogen-bond donors (Lipinski definition) is 1. The predicted octanol–water partition coefficient (Wildman–Crippen LogP) is 2.31. The Hall–Kier alpha value is -0.380. The molecule has 1 heterocycles. The van der Waals surface area contributed by atoms with Gasteiger partial charge in [-0.05, 0) is 37.1 Å². The molecule has 0 atom stereocenters. The van der Waals surface area contributed by atoms with Crippen molar-refractivity contribution in [3.8, 4) is 0 Å². The van der Waals surface area contributed by atoms with Crippen LogP contribution in [0.25, 0.3) is 0 Å². The van der Waals surface area contributed by atoms with Crippen LogP contribution in [-0.2, 0) is 13.1 Å². The summed E-state index contributed by atoms with van der Waals surface area (Å²) in [7, 11) is 1.99. The predicted molar refractivity (Wildman–Crippen MR) is 63.7 cm³/mol. The van der Waals surface area contributed by atoms with Gasteiger partial charge in [0.15, 0.2) is 0 Å². The fraction of sp³-hybridized carbons (Fsp3) is 0.636. The normalized spacial score (nSPS) is 11.1. The van der Waals surface area contributed by atoms with Crippen LogP contribution in [0, 0.1) is 0 Å². The van der Waals surface area contributed by atoms with E-state index in [9.17, 15) is 0 Å². The molecule has 2 nitrogen and oxygen atoms in total. The minimum absolute atomic E-state index is 0.989. The third kappa shape index (κ3) is 3.40. The molecule has 0 saturated carbocycles. The summed E-state index contributed by atoms with van der Waals surface area (Å²) in [5.74, 6) is 0. The second-order valence-electron chi connectivity index (χ2n) is 3.41. The summed E-state index contributed by atoms with van der Waals surface area (Å²) < 4.78 is 0. The Morgan fingerprint density at radius 2 is 2.07 bits per heavy atom. The molecule has 0 aliphatic heterocycles. The van der Waals surface area contributed by atoms with E-state index < -0.39 is 0 Å². The van der Waals surface area contributed by atoms with Crippen LogP contribution in [0.15, 0.2) is 11.4 Å². The first kappa shape index (κ1) is 11.7. The van der Waals surface area contributed by atoms with Gasteiger partial charge in [0.25, 0.3) is 0 Å². The summed E-state index contributed by atoms with van der Waals surface area (Å²) in [5.41, 5.74) is 1.45. The monoisotopic (exact) mass is 212 g/mol. The molecule has 1 N–H and O–H groups in total. The van der Waals surface area contributed by atoms with E-state index in [-0.39, 0.29) is 0 Å². The summed E-state index contributed by atoms with van der Waals surface area (Å²) in [6.45, 7) is 8.77. The number of hydrogen-bond acceptors (Lipinski definition) is 3. The molecule has 0 amide bonds. The molecule has 1 aromatic heterocycles. The molecule has 0 unspecified atom stereocenters. The summed E-state index contributed by atoms with van der Waals surface area (Å²) in [5, 5.41) is 5.44. The molecular weight excluding hydrogens is 192 g/mol. The lowest BCUT2D eigenvalue weighted by atomic mass is 10.3. The van der Waals surface area contributed by atoms with Crippen molar-refractivity contribution in [3.63, 3.8) is 0 Å². The van der Waals surface area contributed by atoms with Gasteiger partial charge in [0.2, 0.25) is 0 Å². The van der Waals surface area contributed by atoms with Gasteiger partial charge < -0.3 is 5.32 Å². The molecule has 14 heavy (non-hydrogen) atoms. The molecule has 0 fully saturated rings. The molecule has 0 saturated heterocycles. The number of rotatable bonds is 6. The first-order valence-corrected chi connectivity index (χ1v) is 6.11. The van der Waals surface area contributed by atoms with Crippen molar-refractivity contribution in [2.45, 2.75) is 26.9 Å². The Bertz CT molecular complexity index is 254. The molecule has 1 aromatic rings. The van der Waals surface area contributed by atoms with Crippen molar-refractivity contribution in [1.29, 1.82) is 0 Å². The SMILES string of the molecule is CCN(CC)Cc1csc(CNC)c1. The minimum atomic E-state index is 0.989. The molecule has 0 radical (unpaired) electrons. The topological polar surface area (TPSA) is 15.3 Å². The van der Waals surface area contributed by atoms with E-state index in [1.54, 1.807) is 0 Å². The van der Waals surface area contributed by atoms with Crippen LogP contribution >= 0.6 is 11.3 Å². The van der Waals surface area contributed by atoms with E-state index in [4.69, 9.17) is 0 Å². The van der Waals surface area contributed by atoms with Gasteiger partial charge in [-0.2, -0.15) is 0 Å². The summed E-state index contributed by atoms with van der Waals surface area (Å²) >= 11 is 1.85. The van der Waals surface area contributed by atoms with Gasteiger partial charge in [0.1, 0.15) is 0 Å². The maximum absolute atomic E-state index is 3.18. The maximum Gasteiger partial charge on any atom is 0.0296 e. The molecular formula is C11H20N2S. The van der Waals surface area contributed by atoms with E-state index in [0.717, 1.165) is 26.2 Å². The second kappa shape index (κ2) is 6.17. The summed E-state index contributed by atoms with van der Waals surface area (Å²) in [6.07, 6.45) is 0. The lowest BCUT2D eigenvalue weighted by molar-refractivity contribution is 0.296. The Morgan fingerprint density at radius 3 is 2.64 bits per heavy atom. The van der Waals surface area contributed by atoms with Crippen LogP contribution in [0.4, 0.5) is 0 Å². The molecule has 80 valence electrons. The minimum Gasteiger partial charge on any atom is -0.315 e. The average Bonchev–Trinajstić information content (AvgIpc) is 2.63. The Kier molecular flexibility index (Phi) is 5.15. The van der Waals surface area contributed by atoms with Gasteiger partial charge in [0.05, 0.1) is 0 Å². The van der Waals surface area contributed by atoms with E-state index in [1.165, 1.54) is 10.4 Å². The highest BCUT2D eigenvalue weighted by Crippen LogP contribution is 2.16. The first-order chi connectivity index (χ1) is 6.80. The van der Waals surface area contributed by atoms with Gasteiger partial charge in [-0.1, -0.05) is 13.8 Å². The summed E-state index contributed by atoms with van der Waals surface area (Å²) in [4.78, 5) is 3.86. The lowest BCUT2D eigenvalue weighted by Gasteiger charge is -2.16. The van der Waals surface area contributed by atoms with Crippen LogP contribution in [0.3, 0.4) is 0 Å². The molecule has 0 spiro atoms. The molecule has 0 aliphatic rings. The van der Waals surface area contributed by atoms with Gasteiger partial charge in [-0.25, -0.2) is 0 Å². The van der Waals surface area contributed by atoms with Gasteiger partial charge in [-0.15, -0.1) is 11.3 Å². The fourth-order valence-electron chi connectivity index (χ4n) is 1.48. The Labute approximate surface area is 90.9 Å². The molecule has 0 aromatic carbocycles. The Morgan fingerprint density at radius 1 is 1.36 bits per heavy atom.